The van der Waals surface area contributed by atoms with E-state index >= 15 is 0 Å². The fourth-order valence-electron chi connectivity index (χ4n) is 1.88. The Morgan fingerprint density at radius 2 is 2.29 bits per heavy atom. The maximum Gasteiger partial charge on any atom is 0.0647 e. The molecule has 2 nitrogen and oxygen atoms in total. The average molecular weight is 188 g/mol. The van der Waals surface area contributed by atoms with Crippen LogP contribution >= 0.6 is 0 Å². The summed E-state index contributed by atoms with van der Waals surface area (Å²) in [6, 6.07) is 6.36. The molecule has 0 N–H and O–H groups in total. The van der Waals surface area contributed by atoms with Crippen LogP contribution in [0.5, 0.6) is 0 Å². The highest BCUT2D eigenvalue weighted by atomic mass is 15.3. The molecule has 0 fully saturated rings. The average Bonchev–Trinajstić information content (AvgIpc) is 2.69. The summed E-state index contributed by atoms with van der Waals surface area (Å²) in [7, 11) is 2.07. The number of hydrogen-bond donors (Lipinski definition) is 0. The van der Waals surface area contributed by atoms with Crippen LogP contribution in [0, 0.1) is 0 Å². The molecule has 2 heteroatoms. The first kappa shape index (κ1) is 9.13. The Morgan fingerprint density at radius 1 is 1.50 bits per heavy atom. The minimum absolute atomic E-state index is 1.07. The molecule has 0 spiro atoms. The van der Waals surface area contributed by atoms with Gasteiger partial charge in [-0.1, -0.05) is 19.9 Å². The highest BCUT2D eigenvalue weighted by Gasteiger charge is 2.06. The summed E-state index contributed by atoms with van der Waals surface area (Å²) in [6.45, 7) is 6.30. The lowest BCUT2D eigenvalue weighted by Crippen LogP contribution is -2.01. The van der Waals surface area contributed by atoms with Gasteiger partial charge in [0.25, 0.3) is 0 Å². The van der Waals surface area contributed by atoms with Crippen molar-refractivity contribution in [2.75, 3.05) is 0 Å². The summed E-state index contributed by atoms with van der Waals surface area (Å²) in [5, 5.41) is 0. The first-order chi connectivity index (χ1) is 6.74. The van der Waals surface area contributed by atoms with Crippen LogP contribution < -0.4 is 0 Å². The minimum Gasteiger partial charge on any atom is -0.284 e. The predicted molar refractivity (Wildman–Crippen MR) is 60.3 cm³/mol. The molecular weight excluding hydrogens is 172 g/mol. The van der Waals surface area contributed by atoms with E-state index in [-0.39, 0.29) is 0 Å². The quantitative estimate of drug-likeness (QED) is 0.700. The van der Waals surface area contributed by atoms with Gasteiger partial charge in [-0.25, -0.2) is 0 Å². The zero-order valence-corrected chi connectivity index (χ0v) is 8.83. The third kappa shape index (κ3) is 1.27. The standard InChI is InChI=1S/C12H16N2/c1-4-6-10(2)12-9-11-7-5-8-14(11)13(12)3/h5,7-9H,2,4,6H2,1,3H3. The Bertz CT molecular complexity index is 460. The normalized spacial score (nSPS) is 11.0. The number of aromatic nitrogens is 2. The van der Waals surface area contributed by atoms with E-state index in [2.05, 4.69) is 54.1 Å². The molecule has 0 bridgehead atoms. The smallest absolute Gasteiger partial charge is 0.0647 e. The van der Waals surface area contributed by atoms with Crippen molar-refractivity contribution in [2.24, 2.45) is 7.05 Å². The van der Waals surface area contributed by atoms with Crippen molar-refractivity contribution in [3.63, 3.8) is 0 Å². The Hall–Kier alpha value is -1.44. The maximum absolute atomic E-state index is 4.12. The second-order valence-corrected chi connectivity index (χ2v) is 3.68. The molecule has 0 amide bonds. The van der Waals surface area contributed by atoms with Crippen LogP contribution in [-0.2, 0) is 7.05 Å². The molecule has 2 rings (SSSR count). The molecule has 14 heavy (non-hydrogen) atoms. The molecule has 0 atom stereocenters. The fourth-order valence-corrected chi connectivity index (χ4v) is 1.88. The van der Waals surface area contributed by atoms with Crippen molar-refractivity contribution in [3.05, 3.63) is 36.7 Å². The molecule has 2 aromatic heterocycles. The minimum atomic E-state index is 1.07. The van der Waals surface area contributed by atoms with Crippen LogP contribution in [0.3, 0.4) is 0 Å². The largest absolute Gasteiger partial charge is 0.284 e. The van der Waals surface area contributed by atoms with Gasteiger partial charge in [-0.3, -0.25) is 9.20 Å². The van der Waals surface area contributed by atoms with E-state index in [1.54, 1.807) is 0 Å². The molecule has 0 radical (unpaired) electrons. The topological polar surface area (TPSA) is 9.34 Å². The van der Waals surface area contributed by atoms with Crippen LogP contribution in [0.15, 0.2) is 31.0 Å². The molecule has 2 aromatic rings. The monoisotopic (exact) mass is 188 g/mol. The lowest BCUT2D eigenvalue weighted by molar-refractivity contribution is 0.696. The van der Waals surface area contributed by atoms with Crippen LogP contribution in [-0.4, -0.2) is 9.20 Å². The van der Waals surface area contributed by atoms with E-state index in [1.165, 1.54) is 16.8 Å². The Labute approximate surface area is 84.4 Å². The number of hydrogen-bond acceptors (Lipinski definition) is 0. The van der Waals surface area contributed by atoms with Gasteiger partial charge in [-0.05, 0) is 30.2 Å². The summed E-state index contributed by atoms with van der Waals surface area (Å²) in [5.74, 6) is 0. The van der Waals surface area contributed by atoms with Gasteiger partial charge in [-0.2, -0.15) is 0 Å². The first-order valence-electron chi connectivity index (χ1n) is 5.05. The van der Waals surface area contributed by atoms with Gasteiger partial charge in [0, 0.05) is 13.2 Å². The van der Waals surface area contributed by atoms with Crippen molar-refractivity contribution in [3.8, 4) is 0 Å². The SMILES string of the molecule is C=C(CCC)c1cc2cccn2n1C. The van der Waals surface area contributed by atoms with E-state index in [0.717, 1.165) is 12.8 Å². The second-order valence-electron chi connectivity index (χ2n) is 3.68. The van der Waals surface area contributed by atoms with Crippen LogP contribution in [0.2, 0.25) is 0 Å². The van der Waals surface area contributed by atoms with Gasteiger partial charge >= 0.3 is 0 Å². The molecule has 0 saturated heterocycles. The summed E-state index contributed by atoms with van der Waals surface area (Å²) >= 11 is 0. The van der Waals surface area contributed by atoms with Crippen LogP contribution in [0.25, 0.3) is 11.1 Å². The second kappa shape index (κ2) is 3.37. The Kier molecular flexibility index (Phi) is 2.20. The lowest BCUT2D eigenvalue weighted by Gasteiger charge is -2.06. The lowest BCUT2D eigenvalue weighted by atomic mass is 10.1. The summed E-state index contributed by atoms with van der Waals surface area (Å²) < 4.78 is 4.28. The Morgan fingerprint density at radius 3 is 2.93 bits per heavy atom. The molecule has 0 saturated carbocycles. The fraction of sp³-hybridized carbons (Fsp3) is 0.333. The molecule has 0 aromatic carbocycles. The number of nitrogens with zero attached hydrogens (tertiary/aromatic N) is 2. The zero-order chi connectivity index (χ0) is 10.1. The molecule has 0 unspecified atom stereocenters. The predicted octanol–water partition coefficient (Wildman–Crippen LogP) is 3.09. The molecule has 74 valence electrons. The maximum atomic E-state index is 4.12. The summed E-state index contributed by atoms with van der Waals surface area (Å²) in [6.07, 6.45) is 4.29. The summed E-state index contributed by atoms with van der Waals surface area (Å²) in [5.41, 5.74) is 3.70. The van der Waals surface area contributed by atoms with Gasteiger partial charge < -0.3 is 0 Å². The number of fused-ring (bicyclic) bond motifs is 1. The van der Waals surface area contributed by atoms with Gasteiger partial charge in [0.2, 0.25) is 0 Å². The van der Waals surface area contributed by atoms with Crippen molar-refractivity contribution < 1.29 is 0 Å². The van der Waals surface area contributed by atoms with Gasteiger partial charge in [0.15, 0.2) is 0 Å². The summed E-state index contributed by atoms with van der Waals surface area (Å²) in [4.78, 5) is 0. The van der Waals surface area contributed by atoms with Crippen LogP contribution in [0.1, 0.15) is 25.5 Å². The zero-order valence-electron chi connectivity index (χ0n) is 8.83. The third-order valence-corrected chi connectivity index (χ3v) is 2.63. The van der Waals surface area contributed by atoms with E-state index in [0.29, 0.717) is 0 Å². The van der Waals surface area contributed by atoms with E-state index < -0.39 is 0 Å². The number of aryl methyl sites for hydroxylation is 1. The highest BCUT2D eigenvalue weighted by molar-refractivity contribution is 5.66. The molecule has 0 aliphatic rings. The molecule has 0 aliphatic carbocycles. The molecule has 0 aliphatic heterocycles. The van der Waals surface area contributed by atoms with Crippen molar-refractivity contribution in [1.29, 1.82) is 0 Å². The first-order valence-corrected chi connectivity index (χ1v) is 5.05. The highest BCUT2D eigenvalue weighted by Crippen LogP contribution is 2.20. The van der Waals surface area contributed by atoms with Gasteiger partial charge in [0.1, 0.15) is 0 Å². The van der Waals surface area contributed by atoms with E-state index in [1.807, 2.05) is 0 Å². The molecule has 2 heterocycles. The van der Waals surface area contributed by atoms with Gasteiger partial charge in [-0.15, -0.1) is 0 Å². The third-order valence-electron chi connectivity index (χ3n) is 2.63. The van der Waals surface area contributed by atoms with Gasteiger partial charge in [0.05, 0.1) is 11.2 Å². The number of rotatable bonds is 3. The molecular formula is C12H16N2. The van der Waals surface area contributed by atoms with Crippen molar-refractivity contribution in [2.45, 2.75) is 19.8 Å². The Balaban J connectivity index is 2.47. The van der Waals surface area contributed by atoms with E-state index in [9.17, 15) is 0 Å². The van der Waals surface area contributed by atoms with Crippen molar-refractivity contribution >= 4 is 11.1 Å². The van der Waals surface area contributed by atoms with E-state index in [4.69, 9.17) is 0 Å². The van der Waals surface area contributed by atoms with Crippen LogP contribution in [0.4, 0.5) is 0 Å². The number of allylic oxidation sites excluding steroid dienone is 1. The van der Waals surface area contributed by atoms with Crippen molar-refractivity contribution in [1.82, 2.24) is 9.20 Å².